The van der Waals surface area contributed by atoms with E-state index in [9.17, 15) is 34.7 Å². The van der Waals surface area contributed by atoms with Gasteiger partial charge in [-0.05, 0) is 103 Å². The molecule has 0 aliphatic heterocycles. The molecule has 4 amide bonds. The number of nitrogens with one attached hydrogen (secondary N) is 4. The fourth-order valence-corrected chi connectivity index (χ4v) is 5.90. The number of benzene rings is 4. The first-order valence-corrected chi connectivity index (χ1v) is 22.8. The maximum absolute atomic E-state index is 12.3. The van der Waals surface area contributed by atoms with Crippen molar-refractivity contribution in [1.82, 2.24) is 40.8 Å². The number of halogens is 4. The molecule has 0 aliphatic carbocycles. The summed E-state index contributed by atoms with van der Waals surface area (Å²) in [5, 5.41) is 38.8. The van der Waals surface area contributed by atoms with Crippen LogP contribution in [0.2, 0.25) is 0 Å². The highest BCUT2D eigenvalue weighted by Gasteiger charge is 2.14. The zero-order valence-corrected chi connectivity index (χ0v) is 39.7. The number of rotatable bonds is 15. The van der Waals surface area contributed by atoms with Crippen molar-refractivity contribution in [2.75, 3.05) is 21.3 Å². The lowest BCUT2D eigenvalue weighted by atomic mass is 10.2. The van der Waals surface area contributed by atoms with Crippen LogP contribution in [-0.2, 0) is 12.8 Å². The van der Waals surface area contributed by atoms with Crippen molar-refractivity contribution in [2.45, 2.75) is 59.6 Å². The number of aromatic nitrogens is 8. The highest BCUT2D eigenvalue weighted by Crippen LogP contribution is 2.22. The largest absolute Gasteiger partial charge is 0.411 e. The highest BCUT2D eigenvalue weighted by molar-refractivity contribution is 7.95. The molecule has 0 saturated heterocycles. The second-order valence-electron chi connectivity index (χ2n) is 13.2. The van der Waals surface area contributed by atoms with Gasteiger partial charge in [-0.2, -0.15) is 15.5 Å². The van der Waals surface area contributed by atoms with Crippen molar-refractivity contribution >= 4 is 96.3 Å². The second kappa shape index (κ2) is 28.1. The maximum Gasteiger partial charge on any atom is 0.322 e. The first kappa shape index (κ1) is 53.4. The third-order valence-corrected chi connectivity index (χ3v) is 10.1. The normalized spacial score (nSPS) is 10.3. The van der Waals surface area contributed by atoms with Gasteiger partial charge < -0.3 is 17.7 Å². The number of amides is 4. The van der Waals surface area contributed by atoms with Crippen molar-refractivity contribution in [3.05, 3.63) is 143 Å². The van der Waals surface area contributed by atoms with Crippen LogP contribution in [0, 0.1) is 6.92 Å². The van der Waals surface area contributed by atoms with Crippen LogP contribution < -0.4 is 21.3 Å². The van der Waals surface area contributed by atoms with Crippen LogP contribution in [0.15, 0.2) is 141 Å². The van der Waals surface area contributed by atoms with Crippen molar-refractivity contribution in [1.29, 1.82) is 0 Å². The molecule has 20 nitrogen and oxygen atoms in total. The minimum Gasteiger partial charge on any atom is -0.411 e. The van der Waals surface area contributed by atoms with E-state index in [2.05, 4.69) is 62.1 Å². The fraction of sp³-hybridized carbons (Fsp3) is 0.143. The minimum absolute atomic E-state index is 0.0222. The lowest BCUT2D eigenvalue weighted by Gasteiger charge is -2.00. The van der Waals surface area contributed by atoms with E-state index < -0.39 is 0 Å². The number of anilines is 4. The molecule has 4 aromatic carbocycles. The number of hydrogen-bond donors (Lipinski definition) is 4. The van der Waals surface area contributed by atoms with Gasteiger partial charge in [0.1, 0.15) is 0 Å². The summed E-state index contributed by atoms with van der Waals surface area (Å²) in [6.07, 6.45) is 3.27. The Hall–Kier alpha value is -7.56. The summed E-state index contributed by atoms with van der Waals surface area (Å²) in [6, 6.07) is 24.5. The number of nitrogens with zero attached hydrogens (tertiary/aromatic N) is 8. The van der Waals surface area contributed by atoms with Crippen LogP contribution in [0.4, 0.5) is 39.6 Å². The molecule has 364 valence electrons. The van der Waals surface area contributed by atoms with Gasteiger partial charge in [-0.1, -0.05) is 34.2 Å². The third-order valence-electron chi connectivity index (χ3n) is 8.29. The molecule has 0 fully saturated rings. The van der Waals surface area contributed by atoms with Gasteiger partial charge in [0.2, 0.25) is 24.1 Å². The molecule has 0 radical (unpaired) electrons. The Bertz CT molecular complexity index is 2880. The Morgan fingerprint density at radius 2 is 0.800 bits per heavy atom. The number of aryl methyl sites for hydroxylation is 3. The summed E-state index contributed by atoms with van der Waals surface area (Å²) < 4.78 is 69.0. The SMILES string of the molecule is CCCc1nnc(NC(=O)c2ccc(SF)cc2)o1.CCc1nnc(NC(=O)c2ccc(SF)cc2)o1.Cc1nnc(NC(=O)c2ccc(SF)cc2)o1.O=C(Nc1nnco1)c1ccc(SF)cc1. The molecule has 0 aliphatic rings. The molecule has 0 unspecified atom stereocenters. The monoisotopic (exact) mass is 1040 g/mol. The number of carbonyl (C=O) groups excluding carboxylic acids is 4. The number of hydrogen-bond acceptors (Lipinski definition) is 20. The van der Waals surface area contributed by atoms with E-state index in [0.717, 1.165) is 12.8 Å². The molecular weight excluding hydrogens is 1000 g/mol. The Balaban J connectivity index is 0.000000174. The molecule has 0 atom stereocenters. The lowest BCUT2D eigenvalue weighted by Crippen LogP contribution is -2.11. The molecule has 70 heavy (non-hydrogen) atoms. The van der Waals surface area contributed by atoms with Gasteiger partial charge in [-0.15, -0.1) is 20.4 Å². The van der Waals surface area contributed by atoms with Crippen molar-refractivity contribution in [3.8, 4) is 0 Å². The average Bonchev–Trinajstić information content (AvgIpc) is 4.25. The Morgan fingerprint density at radius 1 is 0.457 bits per heavy atom. The Kier molecular flexibility index (Phi) is 21.4. The van der Waals surface area contributed by atoms with Crippen LogP contribution in [0.3, 0.4) is 0 Å². The van der Waals surface area contributed by atoms with E-state index >= 15 is 0 Å². The van der Waals surface area contributed by atoms with Gasteiger partial charge >= 0.3 is 24.1 Å². The summed E-state index contributed by atoms with van der Waals surface area (Å²) in [7, 11) is 0. The Morgan fingerprint density at radius 3 is 1.10 bits per heavy atom. The predicted octanol–water partition coefficient (Wildman–Crippen LogP) is 11.0. The zero-order valence-electron chi connectivity index (χ0n) is 36.4. The van der Waals surface area contributed by atoms with E-state index in [1.807, 2.05) is 13.8 Å². The van der Waals surface area contributed by atoms with Crippen LogP contribution in [-0.4, -0.2) is 64.4 Å². The van der Waals surface area contributed by atoms with Crippen molar-refractivity contribution in [3.63, 3.8) is 0 Å². The van der Waals surface area contributed by atoms with Gasteiger partial charge in [-0.3, -0.25) is 40.4 Å². The third kappa shape index (κ3) is 17.2. The van der Waals surface area contributed by atoms with Crippen LogP contribution in [0.5, 0.6) is 0 Å². The molecule has 8 aromatic rings. The standard InChI is InChI=1S/C12H12FN3O2S.C11H10FN3O2S.C10H8FN3O2S.C9H6FN3O2S/c1-2-3-10-15-16-12(18-10)14-11(17)8-4-6-9(19-13)7-5-8;1-2-9-14-15-11(17-9)13-10(16)7-3-5-8(18-12)6-4-7;1-6-13-14-10(16-6)12-9(15)7-2-4-8(17-11)5-3-7;10-16-7-3-1-6(2-4-7)8(14)12-9-13-11-5-15-9/h4-7H,2-3H2,1H3,(H,14,16,17);3-6H,2H2,1H3,(H,13,15,16);2-5H,1H3,(H,12,14,15);1-5H,(H,12,13,14). The first-order valence-electron chi connectivity index (χ1n) is 19.9. The molecule has 0 saturated carbocycles. The minimum atomic E-state index is -0.389. The fourth-order valence-electron chi connectivity index (χ4n) is 4.95. The molecule has 28 heteroatoms. The van der Waals surface area contributed by atoms with Crippen LogP contribution in [0.25, 0.3) is 0 Å². The van der Waals surface area contributed by atoms with Crippen LogP contribution in [0.1, 0.15) is 79.4 Å². The van der Waals surface area contributed by atoms with Crippen molar-refractivity contribution in [2.24, 2.45) is 0 Å². The Labute approximate surface area is 411 Å². The molecule has 0 bridgehead atoms. The van der Waals surface area contributed by atoms with Gasteiger partial charge in [0, 0.05) is 61.6 Å². The van der Waals surface area contributed by atoms with E-state index in [0.29, 0.717) is 72.3 Å². The lowest BCUT2D eigenvalue weighted by molar-refractivity contribution is 0.101. The maximum atomic E-state index is 12.3. The van der Waals surface area contributed by atoms with Gasteiger partial charge in [0.25, 0.3) is 23.6 Å². The number of carbonyl (C=O) groups is 4. The predicted molar refractivity (Wildman–Crippen MR) is 251 cm³/mol. The molecule has 8 rings (SSSR count). The molecule has 4 aromatic heterocycles. The van der Waals surface area contributed by atoms with E-state index in [4.69, 9.17) is 17.7 Å². The molecule has 0 spiro atoms. The van der Waals surface area contributed by atoms with Gasteiger partial charge in [-0.25, -0.2) is 0 Å². The summed E-state index contributed by atoms with van der Waals surface area (Å²) >= 11 is 0.502. The van der Waals surface area contributed by atoms with Gasteiger partial charge in [0.05, 0.1) is 48.6 Å². The van der Waals surface area contributed by atoms with E-state index in [-0.39, 0.29) is 96.3 Å². The summed E-state index contributed by atoms with van der Waals surface area (Å²) in [4.78, 5) is 48.6. The average molecular weight is 1040 g/mol. The zero-order chi connectivity index (χ0) is 50.3. The summed E-state index contributed by atoms with van der Waals surface area (Å²) in [5.41, 5.74) is 1.56. The topological polar surface area (TPSA) is 272 Å². The van der Waals surface area contributed by atoms with Gasteiger partial charge in [0.15, 0.2) is 0 Å². The highest BCUT2D eigenvalue weighted by atomic mass is 32.2. The smallest absolute Gasteiger partial charge is 0.322 e. The quantitative estimate of drug-likeness (QED) is 0.0695. The first-order chi connectivity index (χ1) is 33.9. The van der Waals surface area contributed by atoms with Crippen LogP contribution >= 0.6 is 48.6 Å². The molecular formula is C42H36F4N12O8S4. The molecule has 4 heterocycles. The van der Waals surface area contributed by atoms with Crippen molar-refractivity contribution < 1.29 is 52.4 Å². The summed E-state index contributed by atoms with van der Waals surface area (Å²) in [6.45, 7) is 5.48. The molecule has 4 N–H and O–H groups in total. The second-order valence-corrected chi connectivity index (χ2v) is 15.7. The summed E-state index contributed by atoms with van der Waals surface area (Å²) in [5.74, 6) is -0.219. The van der Waals surface area contributed by atoms with E-state index in [1.165, 1.54) is 97.1 Å². The van der Waals surface area contributed by atoms with E-state index in [1.54, 1.807) is 6.92 Å².